The molecule has 0 aromatic heterocycles. The number of piperidine rings is 1. The Morgan fingerprint density at radius 2 is 1.95 bits per heavy atom. The summed E-state index contributed by atoms with van der Waals surface area (Å²) < 4.78 is 0. The molecule has 2 fully saturated rings. The lowest BCUT2D eigenvalue weighted by molar-refractivity contribution is 0.0942. The normalized spacial score (nSPS) is 25.3. The Bertz CT molecular complexity index is 266. The van der Waals surface area contributed by atoms with Gasteiger partial charge in [-0.15, -0.1) is 0 Å². The van der Waals surface area contributed by atoms with Crippen LogP contribution in [-0.2, 0) is 0 Å². The molecule has 124 valence electrons. The van der Waals surface area contributed by atoms with Crippen molar-refractivity contribution in [3.63, 3.8) is 0 Å². The molecule has 0 bridgehead atoms. The molecule has 1 unspecified atom stereocenters. The van der Waals surface area contributed by atoms with Crippen LogP contribution in [-0.4, -0.2) is 61.2 Å². The van der Waals surface area contributed by atoms with Crippen LogP contribution in [0.25, 0.3) is 0 Å². The summed E-state index contributed by atoms with van der Waals surface area (Å²) in [7, 11) is 0. The second kappa shape index (κ2) is 9.12. The highest BCUT2D eigenvalue weighted by molar-refractivity contribution is 4.85. The van der Waals surface area contributed by atoms with Gasteiger partial charge >= 0.3 is 0 Å². The Morgan fingerprint density at radius 3 is 2.52 bits per heavy atom. The molecule has 1 atom stereocenters. The zero-order valence-corrected chi connectivity index (χ0v) is 14.6. The number of rotatable bonds is 8. The standard InChI is InChI=1S/C18H37N3/c1-4-5-11-21(15-17-7-6-10-19-17)18-8-12-20(13-9-18)14-16(2)3/h16-19H,4-15H2,1-3H3. The molecular weight excluding hydrogens is 258 g/mol. The minimum absolute atomic E-state index is 0.760. The van der Waals surface area contributed by atoms with Crippen LogP contribution in [0.15, 0.2) is 0 Å². The average Bonchev–Trinajstić information content (AvgIpc) is 2.97. The van der Waals surface area contributed by atoms with Crippen LogP contribution in [0.5, 0.6) is 0 Å². The summed E-state index contributed by atoms with van der Waals surface area (Å²) in [6.45, 7) is 14.7. The van der Waals surface area contributed by atoms with Crippen LogP contribution >= 0.6 is 0 Å². The smallest absolute Gasteiger partial charge is 0.0195 e. The second-order valence-electron chi connectivity index (χ2n) is 7.57. The molecule has 0 spiro atoms. The molecule has 2 aliphatic heterocycles. The summed E-state index contributed by atoms with van der Waals surface area (Å²) in [6.07, 6.45) is 8.19. The molecule has 2 aliphatic rings. The highest BCUT2D eigenvalue weighted by atomic mass is 15.2. The van der Waals surface area contributed by atoms with E-state index in [1.807, 2.05) is 0 Å². The third kappa shape index (κ3) is 5.88. The van der Waals surface area contributed by atoms with Gasteiger partial charge in [0.25, 0.3) is 0 Å². The number of hydrogen-bond donors (Lipinski definition) is 1. The fourth-order valence-electron chi connectivity index (χ4n) is 3.96. The molecule has 0 saturated carbocycles. The van der Waals surface area contributed by atoms with Crippen LogP contribution in [0, 0.1) is 5.92 Å². The number of unbranched alkanes of at least 4 members (excludes halogenated alkanes) is 1. The van der Waals surface area contributed by atoms with Gasteiger partial charge in [-0.3, -0.25) is 4.90 Å². The first kappa shape index (κ1) is 17.2. The third-order valence-corrected chi connectivity index (χ3v) is 5.11. The first-order valence-electron chi connectivity index (χ1n) is 9.38. The molecular formula is C18H37N3. The van der Waals surface area contributed by atoms with Gasteiger partial charge < -0.3 is 10.2 Å². The number of hydrogen-bond acceptors (Lipinski definition) is 3. The maximum Gasteiger partial charge on any atom is 0.0195 e. The van der Waals surface area contributed by atoms with E-state index < -0.39 is 0 Å². The van der Waals surface area contributed by atoms with Crippen LogP contribution in [0.1, 0.15) is 59.3 Å². The first-order valence-corrected chi connectivity index (χ1v) is 9.38. The third-order valence-electron chi connectivity index (χ3n) is 5.11. The van der Waals surface area contributed by atoms with Crippen molar-refractivity contribution >= 4 is 0 Å². The summed E-state index contributed by atoms with van der Waals surface area (Å²) in [6, 6.07) is 1.60. The summed E-state index contributed by atoms with van der Waals surface area (Å²) in [5, 5.41) is 3.69. The summed E-state index contributed by atoms with van der Waals surface area (Å²) >= 11 is 0. The minimum atomic E-state index is 0.760. The van der Waals surface area contributed by atoms with Crippen molar-refractivity contribution in [2.24, 2.45) is 5.92 Å². The van der Waals surface area contributed by atoms with E-state index >= 15 is 0 Å². The molecule has 0 amide bonds. The molecule has 21 heavy (non-hydrogen) atoms. The van der Waals surface area contributed by atoms with E-state index in [0.717, 1.165) is 18.0 Å². The molecule has 3 nitrogen and oxygen atoms in total. The highest BCUT2D eigenvalue weighted by Gasteiger charge is 2.27. The fraction of sp³-hybridized carbons (Fsp3) is 1.00. The van der Waals surface area contributed by atoms with Gasteiger partial charge in [-0.05, 0) is 64.2 Å². The van der Waals surface area contributed by atoms with Gasteiger partial charge in [-0.2, -0.15) is 0 Å². The zero-order valence-electron chi connectivity index (χ0n) is 14.6. The second-order valence-corrected chi connectivity index (χ2v) is 7.57. The lowest BCUT2D eigenvalue weighted by Crippen LogP contribution is -2.49. The van der Waals surface area contributed by atoms with E-state index in [2.05, 4.69) is 35.9 Å². The van der Waals surface area contributed by atoms with Crippen molar-refractivity contribution in [2.75, 3.05) is 39.3 Å². The molecule has 0 aliphatic carbocycles. The van der Waals surface area contributed by atoms with E-state index in [-0.39, 0.29) is 0 Å². The summed E-state index contributed by atoms with van der Waals surface area (Å²) in [5.41, 5.74) is 0. The molecule has 0 aromatic rings. The summed E-state index contributed by atoms with van der Waals surface area (Å²) in [4.78, 5) is 5.49. The monoisotopic (exact) mass is 295 g/mol. The number of likely N-dealkylation sites (tertiary alicyclic amines) is 1. The first-order chi connectivity index (χ1) is 10.2. The van der Waals surface area contributed by atoms with Gasteiger partial charge in [0.1, 0.15) is 0 Å². The Labute approximate surface area is 132 Å². The van der Waals surface area contributed by atoms with Gasteiger partial charge in [0.05, 0.1) is 0 Å². The van der Waals surface area contributed by atoms with E-state index in [4.69, 9.17) is 0 Å². The van der Waals surface area contributed by atoms with E-state index in [9.17, 15) is 0 Å². The summed E-state index contributed by atoms with van der Waals surface area (Å²) in [5.74, 6) is 0.806. The average molecular weight is 296 g/mol. The van der Waals surface area contributed by atoms with Gasteiger partial charge in [0, 0.05) is 25.2 Å². The van der Waals surface area contributed by atoms with E-state index in [1.165, 1.54) is 77.8 Å². The van der Waals surface area contributed by atoms with Gasteiger partial charge in [0.15, 0.2) is 0 Å². The fourth-order valence-corrected chi connectivity index (χ4v) is 3.96. The Kier molecular flexibility index (Phi) is 7.48. The molecule has 2 saturated heterocycles. The maximum atomic E-state index is 3.69. The largest absolute Gasteiger partial charge is 0.313 e. The van der Waals surface area contributed by atoms with Crippen molar-refractivity contribution in [3.05, 3.63) is 0 Å². The van der Waals surface area contributed by atoms with Crippen molar-refractivity contribution in [3.8, 4) is 0 Å². The lowest BCUT2D eigenvalue weighted by Gasteiger charge is -2.40. The quantitative estimate of drug-likeness (QED) is 0.743. The van der Waals surface area contributed by atoms with Crippen molar-refractivity contribution in [2.45, 2.75) is 71.4 Å². The predicted molar refractivity (Wildman–Crippen MR) is 91.8 cm³/mol. The van der Waals surface area contributed by atoms with Crippen LogP contribution in [0.3, 0.4) is 0 Å². The Hall–Kier alpha value is -0.120. The molecule has 0 radical (unpaired) electrons. The molecule has 2 rings (SSSR count). The van der Waals surface area contributed by atoms with Gasteiger partial charge in [0.2, 0.25) is 0 Å². The molecule has 0 aromatic carbocycles. The van der Waals surface area contributed by atoms with Crippen LogP contribution in [0.4, 0.5) is 0 Å². The number of nitrogens with one attached hydrogen (secondary N) is 1. The number of nitrogens with zero attached hydrogens (tertiary/aromatic N) is 2. The van der Waals surface area contributed by atoms with Gasteiger partial charge in [-0.25, -0.2) is 0 Å². The Morgan fingerprint density at radius 1 is 1.19 bits per heavy atom. The van der Waals surface area contributed by atoms with E-state index in [0.29, 0.717) is 0 Å². The molecule has 1 N–H and O–H groups in total. The zero-order chi connectivity index (χ0) is 15.1. The molecule has 2 heterocycles. The van der Waals surface area contributed by atoms with Crippen molar-refractivity contribution in [1.82, 2.24) is 15.1 Å². The van der Waals surface area contributed by atoms with Crippen LogP contribution in [0.2, 0.25) is 0 Å². The van der Waals surface area contributed by atoms with E-state index in [1.54, 1.807) is 0 Å². The highest BCUT2D eigenvalue weighted by Crippen LogP contribution is 2.20. The minimum Gasteiger partial charge on any atom is -0.313 e. The van der Waals surface area contributed by atoms with Crippen molar-refractivity contribution < 1.29 is 0 Å². The van der Waals surface area contributed by atoms with Gasteiger partial charge in [-0.1, -0.05) is 27.2 Å². The maximum absolute atomic E-state index is 3.69. The topological polar surface area (TPSA) is 18.5 Å². The SMILES string of the molecule is CCCCN(CC1CCCN1)C1CCN(CC(C)C)CC1. The predicted octanol–water partition coefficient (Wildman–Crippen LogP) is 2.96. The lowest BCUT2D eigenvalue weighted by atomic mass is 10.0. The Balaban J connectivity index is 1.79. The van der Waals surface area contributed by atoms with Crippen molar-refractivity contribution in [1.29, 1.82) is 0 Å². The molecule has 3 heteroatoms. The van der Waals surface area contributed by atoms with Crippen LogP contribution < -0.4 is 5.32 Å².